The maximum absolute atomic E-state index is 11.9. The van der Waals surface area contributed by atoms with E-state index in [-0.39, 0.29) is 5.91 Å². The topological polar surface area (TPSA) is 41.1 Å². The van der Waals surface area contributed by atoms with Crippen molar-refractivity contribution in [3.63, 3.8) is 0 Å². The molecule has 0 aromatic rings. The summed E-state index contributed by atoms with van der Waals surface area (Å²) in [5.74, 6) is 1.41. The van der Waals surface area contributed by atoms with Gasteiger partial charge in [0.25, 0.3) is 0 Å². The SMILES string of the molecule is CC(CC(=O)NC1CC=CC1)C1CCCNC1. The van der Waals surface area contributed by atoms with E-state index in [1.165, 1.54) is 12.8 Å². The van der Waals surface area contributed by atoms with Crippen LogP contribution in [0.1, 0.15) is 39.0 Å². The average Bonchev–Trinajstić information content (AvgIpc) is 2.82. The Morgan fingerprint density at radius 3 is 2.88 bits per heavy atom. The molecule has 2 rings (SSSR count). The smallest absolute Gasteiger partial charge is 0.220 e. The first-order chi connectivity index (χ1) is 8.25. The van der Waals surface area contributed by atoms with Gasteiger partial charge in [0.2, 0.25) is 5.91 Å². The lowest BCUT2D eigenvalue weighted by Crippen LogP contribution is -2.37. The summed E-state index contributed by atoms with van der Waals surface area (Å²) in [6, 6.07) is 0.360. The standard InChI is InChI=1S/C14H24N2O/c1-11(12-5-4-8-15-10-12)9-14(17)16-13-6-2-3-7-13/h2-3,11-13,15H,4-10H2,1H3,(H,16,17). The summed E-state index contributed by atoms with van der Waals surface area (Å²) in [4.78, 5) is 11.9. The van der Waals surface area contributed by atoms with Crippen LogP contribution in [0.25, 0.3) is 0 Å². The second-order valence-corrected chi connectivity index (χ2v) is 5.50. The van der Waals surface area contributed by atoms with Crippen LogP contribution in [-0.4, -0.2) is 25.0 Å². The van der Waals surface area contributed by atoms with E-state index >= 15 is 0 Å². The highest BCUT2D eigenvalue weighted by atomic mass is 16.1. The largest absolute Gasteiger partial charge is 0.353 e. The van der Waals surface area contributed by atoms with E-state index in [9.17, 15) is 4.79 Å². The Kier molecular flexibility index (Phi) is 4.60. The molecule has 0 bridgehead atoms. The highest BCUT2D eigenvalue weighted by molar-refractivity contribution is 5.76. The van der Waals surface area contributed by atoms with Crippen molar-refractivity contribution in [3.8, 4) is 0 Å². The minimum absolute atomic E-state index is 0.233. The van der Waals surface area contributed by atoms with E-state index in [0.717, 1.165) is 25.9 Å². The molecular weight excluding hydrogens is 212 g/mol. The molecule has 2 atom stereocenters. The third-order valence-corrected chi connectivity index (χ3v) is 4.02. The van der Waals surface area contributed by atoms with Gasteiger partial charge in [-0.15, -0.1) is 0 Å². The first-order valence-corrected chi connectivity index (χ1v) is 6.91. The van der Waals surface area contributed by atoms with Crippen LogP contribution in [0.2, 0.25) is 0 Å². The van der Waals surface area contributed by atoms with Crippen molar-refractivity contribution in [3.05, 3.63) is 12.2 Å². The minimum atomic E-state index is 0.233. The first kappa shape index (κ1) is 12.6. The minimum Gasteiger partial charge on any atom is -0.353 e. The van der Waals surface area contributed by atoms with E-state index in [0.29, 0.717) is 24.3 Å². The molecule has 0 aromatic heterocycles. The lowest BCUT2D eigenvalue weighted by Gasteiger charge is -2.28. The van der Waals surface area contributed by atoms with Crippen molar-refractivity contribution < 1.29 is 4.79 Å². The van der Waals surface area contributed by atoms with Gasteiger partial charge in [-0.05, 0) is 50.6 Å². The summed E-state index contributed by atoms with van der Waals surface area (Å²) in [5.41, 5.74) is 0. The van der Waals surface area contributed by atoms with Gasteiger partial charge in [-0.2, -0.15) is 0 Å². The van der Waals surface area contributed by atoms with E-state index in [1.807, 2.05) is 0 Å². The predicted octanol–water partition coefficient (Wildman–Crippen LogP) is 1.85. The van der Waals surface area contributed by atoms with Crippen molar-refractivity contribution in [2.45, 2.75) is 45.1 Å². The van der Waals surface area contributed by atoms with Crippen LogP contribution in [-0.2, 0) is 4.79 Å². The van der Waals surface area contributed by atoms with Gasteiger partial charge in [-0.3, -0.25) is 4.79 Å². The summed E-state index contributed by atoms with van der Waals surface area (Å²) in [7, 11) is 0. The van der Waals surface area contributed by atoms with Crippen molar-refractivity contribution in [1.82, 2.24) is 10.6 Å². The fraction of sp³-hybridized carbons (Fsp3) is 0.786. The number of amides is 1. The summed E-state index contributed by atoms with van der Waals surface area (Å²) in [6.07, 6.45) is 9.52. The van der Waals surface area contributed by atoms with Gasteiger partial charge in [0.15, 0.2) is 0 Å². The van der Waals surface area contributed by atoms with Gasteiger partial charge in [-0.1, -0.05) is 19.1 Å². The molecule has 1 heterocycles. The van der Waals surface area contributed by atoms with Crippen molar-refractivity contribution in [2.24, 2.45) is 11.8 Å². The van der Waals surface area contributed by atoms with Crippen LogP contribution < -0.4 is 10.6 Å². The molecule has 0 spiro atoms. The lowest BCUT2D eigenvalue weighted by atomic mass is 9.85. The summed E-state index contributed by atoms with van der Waals surface area (Å²) < 4.78 is 0. The van der Waals surface area contributed by atoms with Crippen molar-refractivity contribution in [2.75, 3.05) is 13.1 Å². The van der Waals surface area contributed by atoms with Crippen molar-refractivity contribution >= 4 is 5.91 Å². The molecule has 0 saturated carbocycles. The maximum atomic E-state index is 11.9. The highest BCUT2D eigenvalue weighted by Gasteiger charge is 2.23. The Morgan fingerprint density at radius 1 is 1.47 bits per heavy atom. The zero-order valence-electron chi connectivity index (χ0n) is 10.7. The van der Waals surface area contributed by atoms with Crippen LogP contribution in [0.5, 0.6) is 0 Å². The Balaban J connectivity index is 1.69. The molecule has 0 radical (unpaired) electrons. The van der Waals surface area contributed by atoms with Crippen LogP contribution in [0.3, 0.4) is 0 Å². The fourth-order valence-corrected chi connectivity index (χ4v) is 2.85. The Hall–Kier alpha value is -0.830. The third kappa shape index (κ3) is 3.84. The fourth-order valence-electron chi connectivity index (χ4n) is 2.85. The predicted molar refractivity (Wildman–Crippen MR) is 69.7 cm³/mol. The molecule has 2 N–H and O–H groups in total. The molecule has 2 unspecified atom stereocenters. The van der Waals surface area contributed by atoms with Gasteiger partial charge < -0.3 is 10.6 Å². The maximum Gasteiger partial charge on any atom is 0.220 e. The normalized spacial score (nSPS) is 27.0. The van der Waals surface area contributed by atoms with Gasteiger partial charge >= 0.3 is 0 Å². The van der Waals surface area contributed by atoms with Crippen LogP contribution in [0.4, 0.5) is 0 Å². The number of rotatable bonds is 4. The van der Waals surface area contributed by atoms with E-state index in [2.05, 4.69) is 29.7 Å². The van der Waals surface area contributed by atoms with Crippen LogP contribution in [0.15, 0.2) is 12.2 Å². The Labute approximate surface area is 104 Å². The Morgan fingerprint density at radius 2 is 2.24 bits per heavy atom. The molecule has 1 fully saturated rings. The van der Waals surface area contributed by atoms with Gasteiger partial charge in [0, 0.05) is 12.5 Å². The summed E-state index contributed by atoms with van der Waals surface area (Å²) in [6.45, 7) is 4.44. The number of hydrogen-bond acceptors (Lipinski definition) is 2. The molecule has 17 heavy (non-hydrogen) atoms. The number of nitrogens with one attached hydrogen (secondary N) is 2. The second-order valence-electron chi connectivity index (χ2n) is 5.50. The summed E-state index contributed by atoms with van der Waals surface area (Å²) >= 11 is 0. The molecule has 1 aliphatic carbocycles. The first-order valence-electron chi connectivity index (χ1n) is 6.91. The zero-order valence-corrected chi connectivity index (χ0v) is 10.7. The highest BCUT2D eigenvalue weighted by Crippen LogP contribution is 2.22. The second kappa shape index (κ2) is 6.20. The molecule has 3 heteroatoms. The van der Waals surface area contributed by atoms with E-state index < -0.39 is 0 Å². The van der Waals surface area contributed by atoms with E-state index in [4.69, 9.17) is 0 Å². The molecule has 2 aliphatic rings. The number of carbonyl (C=O) groups excluding carboxylic acids is 1. The quantitative estimate of drug-likeness (QED) is 0.731. The third-order valence-electron chi connectivity index (χ3n) is 4.02. The molecule has 0 aromatic carbocycles. The molecule has 1 amide bonds. The average molecular weight is 236 g/mol. The van der Waals surface area contributed by atoms with Crippen LogP contribution in [0, 0.1) is 11.8 Å². The van der Waals surface area contributed by atoms with Gasteiger partial charge in [0.1, 0.15) is 0 Å². The number of carbonyl (C=O) groups is 1. The molecule has 1 saturated heterocycles. The lowest BCUT2D eigenvalue weighted by molar-refractivity contribution is -0.123. The number of hydrogen-bond donors (Lipinski definition) is 2. The molecular formula is C14H24N2O. The molecule has 3 nitrogen and oxygen atoms in total. The zero-order chi connectivity index (χ0) is 12.1. The van der Waals surface area contributed by atoms with Gasteiger partial charge in [-0.25, -0.2) is 0 Å². The monoisotopic (exact) mass is 236 g/mol. The Bertz CT molecular complexity index is 274. The van der Waals surface area contributed by atoms with Crippen molar-refractivity contribution in [1.29, 1.82) is 0 Å². The summed E-state index contributed by atoms with van der Waals surface area (Å²) in [5, 5.41) is 6.55. The molecule has 96 valence electrons. The van der Waals surface area contributed by atoms with Crippen LogP contribution >= 0.6 is 0 Å². The van der Waals surface area contributed by atoms with Gasteiger partial charge in [0.05, 0.1) is 0 Å². The molecule has 1 aliphatic heterocycles. The number of piperidine rings is 1. The van der Waals surface area contributed by atoms with E-state index in [1.54, 1.807) is 0 Å².